The molecule has 0 unspecified atom stereocenters. The number of hydrogen-bond acceptors (Lipinski definition) is 2. The normalized spacial score (nSPS) is 18.9. The first-order chi connectivity index (χ1) is 4.58. The van der Waals surface area contributed by atoms with Crippen LogP contribution in [0, 0.1) is 0 Å². The van der Waals surface area contributed by atoms with Crippen molar-refractivity contribution < 1.29 is 17.9 Å². The van der Waals surface area contributed by atoms with Crippen LogP contribution in [0.5, 0.6) is 0 Å². The zero-order chi connectivity index (χ0) is 7.61. The molecular weight excluding hydrogens is 167 g/mol. The Bertz CT molecular complexity index is 155. The number of rotatable bonds is 1. The number of alkyl halides is 3. The van der Waals surface area contributed by atoms with E-state index in [9.17, 15) is 13.2 Å². The lowest BCUT2D eigenvalue weighted by molar-refractivity contribution is -0.305. The molecule has 0 aromatic heterocycles. The SMILES string of the molecule is FC(F)(F)OC1=CS[N]C1. The summed E-state index contributed by atoms with van der Waals surface area (Å²) in [4.78, 5) is 0. The zero-order valence-electron chi connectivity index (χ0n) is 4.68. The van der Waals surface area contributed by atoms with E-state index >= 15 is 0 Å². The van der Waals surface area contributed by atoms with Crippen molar-refractivity contribution in [1.82, 2.24) is 4.72 Å². The van der Waals surface area contributed by atoms with Crippen LogP contribution in [0.4, 0.5) is 13.2 Å². The van der Waals surface area contributed by atoms with E-state index in [0.717, 1.165) is 11.9 Å². The summed E-state index contributed by atoms with van der Waals surface area (Å²) >= 11 is 0.961. The molecule has 1 radical (unpaired) electrons. The van der Waals surface area contributed by atoms with Gasteiger partial charge in [0.15, 0.2) is 0 Å². The summed E-state index contributed by atoms with van der Waals surface area (Å²) in [6.45, 7) is 0.00414. The minimum atomic E-state index is -4.58. The molecule has 0 atom stereocenters. The molecule has 10 heavy (non-hydrogen) atoms. The molecule has 0 aliphatic carbocycles. The molecule has 1 aliphatic rings. The number of halogens is 3. The van der Waals surface area contributed by atoms with Crippen LogP contribution in [0.15, 0.2) is 11.2 Å². The fraction of sp³-hybridized carbons (Fsp3) is 0.500. The minimum Gasteiger partial charge on any atom is -0.408 e. The van der Waals surface area contributed by atoms with E-state index in [4.69, 9.17) is 0 Å². The molecule has 1 aliphatic heterocycles. The van der Waals surface area contributed by atoms with Crippen LogP contribution in [-0.4, -0.2) is 12.9 Å². The Balaban J connectivity index is 2.38. The molecule has 1 heterocycles. The monoisotopic (exact) mass is 170 g/mol. The smallest absolute Gasteiger partial charge is 0.408 e. The molecule has 0 saturated heterocycles. The second-order valence-electron chi connectivity index (χ2n) is 1.52. The van der Waals surface area contributed by atoms with Crippen molar-refractivity contribution in [3.8, 4) is 0 Å². The molecule has 0 fully saturated rings. The molecular formula is C4H3F3NOS. The van der Waals surface area contributed by atoms with Gasteiger partial charge >= 0.3 is 6.36 Å². The van der Waals surface area contributed by atoms with Crippen LogP contribution >= 0.6 is 11.9 Å². The summed E-state index contributed by atoms with van der Waals surface area (Å²) in [5.41, 5.74) is 0. The maximum Gasteiger partial charge on any atom is 0.572 e. The van der Waals surface area contributed by atoms with Crippen LogP contribution < -0.4 is 4.72 Å². The third-order valence-corrected chi connectivity index (χ3v) is 1.37. The predicted octanol–water partition coefficient (Wildman–Crippen LogP) is 1.63. The van der Waals surface area contributed by atoms with Crippen molar-refractivity contribution in [2.75, 3.05) is 6.54 Å². The number of ether oxygens (including phenoxy) is 1. The van der Waals surface area contributed by atoms with Crippen molar-refractivity contribution in [2.24, 2.45) is 0 Å². The third-order valence-electron chi connectivity index (χ3n) is 0.726. The van der Waals surface area contributed by atoms with Gasteiger partial charge in [-0.15, -0.1) is 13.2 Å². The van der Waals surface area contributed by atoms with Crippen LogP contribution in [-0.2, 0) is 4.74 Å². The van der Waals surface area contributed by atoms with Gasteiger partial charge in [0.2, 0.25) is 0 Å². The van der Waals surface area contributed by atoms with Gasteiger partial charge in [-0.3, -0.25) is 0 Å². The average molecular weight is 170 g/mol. The molecule has 0 amide bonds. The van der Waals surface area contributed by atoms with Crippen molar-refractivity contribution in [3.05, 3.63) is 11.2 Å². The molecule has 0 aromatic carbocycles. The van der Waals surface area contributed by atoms with Gasteiger partial charge in [-0.05, 0) is 11.9 Å². The molecule has 0 saturated carbocycles. The van der Waals surface area contributed by atoms with Gasteiger partial charge in [0, 0.05) is 5.41 Å². The highest BCUT2D eigenvalue weighted by molar-refractivity contribution is 8.00. The maximum atomic E-state index is 11.4. The lowest BCUT2D eigenvalue weighted by Crippen LogP contribution is -2.14. The predicted molar refractivity (Wildman–Crippen MR) is 29.8 cm³/mol. The average Bonchev–Trinajstić information content (AvgIpc) is 2.12. The summed E-state index contributed by atoms with van der Waals surface area (Å²) in [5.74, 6) is -0.141. The molecule has 0 aromatic rings. The Morgan fingerprint density at radius 3 is 2.70 bits per heavy atom. The van der Waals surface area contributed by atoms with Gasteiger partial charge in [-0.2, -0.15) is 4.72 Å². The summed E-state index contributed by atoms with van der Waals surface area (Å²) in [5, 5.41) is 1.23. The van der Waals surface area contributed by atoms with E-state index in [-0.39, 0.29) is 12.3 Å². The van der Waals surface area contributed by atoms with E-state index in [1.807, 2.05) is 0 Å². The fourth-order valence-electron chi connectivity index (χ4n) is 0.439. The summed E-state index contributed by atoms with van der Waals surface area (Å²) in [7, 11) is 0. The van der Waals surface area contributed by atoms with Gasteiger partial charge in [-0.25, -0.2) is 0 Å². The topological polar surface area (TPSA) is 23.3 Å². The van der Waals surface area contributed by atoms with Crippen molar-refractivity contribution in [2.45, 2.75) is 6.36 Å². The second kappa shape index (κ2) is 2.71. The second-order valence-corrected chi connectivity index (χ2v) is 2.23. The zero-order valence-corrected chi connectivity index (χ0v) is 5.50. The van der Waals surface area contributed by atoms with Crippen LogP contribution in [0.25, 0.3) is 0 Å². The first-order valence-electron chi connectivity index (χ1n) is 2.35. The van der Waals surface area contributed by atoms with Gasteiger partial charge in [0.1, 0.15) is 5.76 Å². The van der Waals surface area contributed by atoms with Crippen LogP contribution in [0.2, 0.25) is 0 Å². The quantitative estimate of drug-likeness (QED) is 0.558. The largest absolute Gasteiger partial charge is 0.572 e. The van der Waals surface area contributed by atoms with Gasteiger partial charge < -0.3 is 4.74 Å². The van der Waals surface area contributed by atoms with Crippen LogP contribution in [0.3, 0.4) is 0 Å². The van der Waals surface area contributed by atoms with E-state index < -0.39 is 6.36 Å². The molecule has 6 heteroatoms. The number of nitrogens with zero attached hydrogens (tertiary/aromatic N) is 1. The Kier molecular flexibility index (Phi) is 2.10. The molecule has 0 N–H and O–H groups in total. The summed E-state index contributed by atoms with van der Waals surface area (Å²) in [6, 6.07) is 0. The highest BCUT2D eigenvalue weighted by Crippen LogP contribution is 2.24. The van der Waals surface area contributed by atoms with E-state index in [2.05, 4.69) is 9.46 Å². The van der Waals surface area contributed by atoms with E-state index in [0.29, 0.717) is 0 Å². The van der Waals surface area contributed by atoms with Crippen molar-refractivity contribution in [3.63, 3.8) is 0 Å². The molecule has 0 spiro atoms. The van der Waals surface area contributed by atoms with Gasteiger partial charge in [0.25, 0.3) is 0 Å². The highest BCUT2D eigenvalue weighted by atomic mass is 32.2. The lowest BCUT2D eigenvalue weighted by Gasteiger charge is -2.07. The minimum absolute atomic E-state index is 0.00414. The first-order valence-corrected chi connectivity index (χ1v) is 3.19. The fourth-order valence-corrected chi connectivity index (χ4v) is 0.956. The Morgan fingerprint density at radius 2 is 2.30 bits per heavy atom. The first kappa shape index (κ1) is 7.74. The van der Waals surface area contributed by atoms with Crippen molar-refractivity contribution in [1.29, 1.82) is 0 Å². The molecule has 2 nitrogen and oxygen atoms in total. The van der Waals surface area contributed by atoms with Crippen LogP contribution in [0.1, 0.15) is 0 Å². The van der Waals surface area contributed by atoms with Gasteiger partial charge in [-0.1, -0.05) is 0 Å². The third kappa shape index (κ3) is 2.49. The summed E-state index contributed by atoms with van der Waals surface area (Å²) < 4.78 is 41.3. The van der Waals surface area contributed by atoms with Crippen molar-refractivity contribution >= 4 is 11.9 Å². The highest BCUT2D eigenvalue weighted by Gasteiger charge is 2.32. The molecule has 1 rings (SSSR count). The molecule has 0 bridgehead atoms. The van der Waals surface area contributed by atoms with E-state index in [1.165, 1.54) is 5.41 Å². The standard InChI is InChI=1S/C4H3F3NOS/c5-4(6,7)9-3-1-8-10-2-3/h2H,1H2. The Hall–Kier alpha value is -0.360. The van der Waals surface area contributed by atoms with E-state index in [1.54, 1.807) is 0 Å². The Morgan fingerprint density at radius 1 is 1.60 bits per heavy atom. The maximum absolute atomic E-state index is 11.4. The van der Waals surface area contributed by atoms with Gasteiger partial charge in [0.05, 0.1) is 6.54 Å². The Labute approximate surface area is 59.6 Å². The molecule has 57 valence electrons. The number of hydrogen-bond donors (Lipinski definition) is 0. The lowest BCUT2D eigenvalue weighted by atomic mass is 10.6. The summed E-state index contributed by atoms with van der Waals surface area (Å²) in [6.07, 6.45) is -4.58.